The topological polar surface area (TPSA) is 94.3 Å². The van der Waals surface area contributed by atoms with Gasteiger partial charge in [-0.1, -0.05) is 0 Å². The number of hydrogen-bond acceptors (Lipinski definition) is 5. The fourth-order valence-corrected chi connectivity index (χ4v) is 2.48. The Balaban J connectivity index is 2.29. The van der Waals surface area contributed by atoms with E-state index < -0.39 is 11.9 Å². The molecule has 0 aromatic carbocycles. The van der Waals surface area contributed by atoms with Gasteiger partial charge in [-0.3, -0.25) is 4.79 Å². The summed E-state index contributed by atoms with van der Waals surface area (Å²) in [6.07, 6.45) is 1.99. The van der Waals surface area contributed by atoms with Crippen molar-refractivity contribution in [2.45, 2.75) is 32.2 Å². The van der Waals surface area contributed by atoms with Gasteiger partial charge in [-0.25, -0.2) is 14.5 Å². The zero-order valence-electron chi connectivity index (χ0n) is 11.8. The van der Waals surface area contributed by atoms with Gasteiger partial charge in [0.05, 0.1) is 23.8 Å². The number of rotatable bonds is 4. The molecule has 1 N–H and O–H groups in total. The number of carboxylic acid groups (broad SMARTS) is 1. The van der Waals surface area contributed by atoms with Crippen LogP contribution in [-0.2, 0) is 16.1 Å². The Morgan fingerprint density at radius 2 is 2.19 bits per heavy atom. The number of aromatic nitrogens is 3. The molecule has 2 aromatic rings. The largest absolute Gasteiger partial charge is 0.480 e. The van der Waals surface area contributed by atoms with Crippen molar-refractivity contribution in [1.29, 1.82) is 0 Å². The summed E-state index contributed by atoms with van der Waals surface area (Å²) in [6, 6.07) is 1.66. The summed E-state index contributed by atoms with van der Waals surface area (Å²) < 4.78 is 6.18. The first-order valence-electron chi connectivity index (χ1n) is 6.69. The zero-order valence-corrected chi connectivity index (χ0v) is 11.8. The van der Waals surface area contributed by atoms with Gasteiger partial charge in [-0.15, -0.1) is 0 Å². The van der Waals surface area contributed by atoms with E-state index in [-0.39, 0.29) is 12.5 Å². The molecule has 1 saturated carbocycles. The van der Waals surface area contributed by atoms with E-state index in [1.807, 2.05) is 0 Å². The van der Waals surface area contributed by atoms with Crippen LogP contribution in [0.5, 0.6) is 0 Å². The molecular weight excluding hydrogens is 274 g/mol. The second-order valence-electron chi connectivity index (χ2n) is 5.21. The SMILES string of the molecule is COC(=O)c1cc(C)nc2c1c(C1CC1)nn2CC(=O)O. The van der Waals surface area contributed by atoms with E-state index in [0.29, 0.717) is 22.3 Å². The van der Waals surface area contributed by atoms with E-state index in [4.69, 9.17) is 9.84 Å². The third-order valence-corrected chi connectivity index (χ3v) is 3.51. The first-order valence-corrected chi connectivity index (χ1v) is 6.69. The van der Waals surface area contributed by atoms with Crippen molar-refractivity contribution in [2.24, 2.45) is 0 Å². The monoisotopic (exact) mass is 289 g/mol. The van der Waals surface area contributed by atoms with Crippen LogP contribution < -0.4 is 0 Å². The van der Waals surface area contributed by atoms with E-state index in [2.05, 4.69) is 10.1 Å². The van der Waals surface area contributed by atoms with Crippen molar-refractivity contribution in [3.8, 4) is 0 Å². The summed E-state index contributed by atoms with van der Waals surface area (Å²) in [5.74, 6) is -1.18. The number of ether oxygens (including phenoxy) is 1. The molecule has 21 heavy (non-hydrogen) atoms. The summed E-state index contributed by atoms with van der Waals surface area (Å²) in [7, 11) is 1.32. The minimum atomic E-state index is -0.996. The van der Waals surface area contributed by atoms with Crippen molar-refractivity contribution in [1.82, 2.24) is 14.8 Å². The molecule has 1 fully saturated rings. The maximum absolute atomic E-state index is 12.0. The van der Waals surface area contributed by atoms with Crippen LogP contribution in [0.4, 0.5) is 0 Å². The first-order chi connectivity index (χ1) is 10.0. The number of methoxy groups -OCH3 is 1. The van der Waals surface area contributed by atoms with Crippen LogP contribution in [-0.4, -0.2) is 38.9 Å². The molecule has 110 valence electrons. The highest BCUT2D eigenvalue weighted by molar-refractivity contribution is 6.04. The molecule has 0 saturated heterocycles. The Hall–Kier alpha value is -2.44. The minimum Gasteiger partial charge on any atom is -0.480 e. The van der Waals surface area contributed by atoms with E-state index in [1.165, 1.54) is 11.8 Å². The van der Waals surface area contributed by atoms with Crippen LogP contribution in [0.25, 0.3) is 11.0 Å². The van der Waals surface area contributed by atoms with Gasteiger partial charge in [0.2, 0.25) is 0 Å². The molecule has 2 heterocycles. The number of carbonyl (C=O) groups is 2. The van der Waals surface area contributed by atoms with Crippen molar-refractivity contribution in [3.05, 3.63) is 23.0 Å². The van der Waals surface area contributed by atoms with E-state index >= 15 is 0 Å². The first kappa shape index (κ1) is 13.5. The quantitative estimate of drug-likeness (QED) is 0.857. The molecule has 0 spiro atoms. The fraction of sp³-hybridized carbons (Fsp3) is 0.429. The zero-order chi connectivity index (χ0) is 15.1. The summed E-state index contributed by atoms with van der Waals surface area (Å²) in [5.41, 5.74) is 2.20. The highest BCUT2D eigenvalue weighted by Gasteiger charge is 2.32. The molecule has 7 heteroatoms. The van der Waals surface area contributed by atoms with Gasteiger partial charge in [0, 0.05) is 11.6 Å². The number of carboxylic acids is 1. The average Bonchev–Trinajstić information content (AvgIpc) is 3.21. The van der Waals surface area contributed by atoms with E-state index in [0.717, 1.165) is 18.5 Å². The summed E-state index contributed by atoms with van der Waals surface area (Å²) in [5, 5.41) is 14.0. The molecule has 0 unspecified atom stereocenters. The predicted molar refractivity (Wildman–Crippen MR) is 73.2 cm³/mol. The lowest BCUT2D eigenvalue weighted by atomic mass is 10.1. The molecule has 7 nitrogen and oxygen atoms in total. The van der Waals surface area contributed by atoms with Gasteiger partial charge >= 0.3 is 11.9 Å². The molecular formula is C14H15N3O4. The molecule has 0 radical (unpaired) electrons. The molecule has 0 amide bonds. The fourth-order valence-electron chi connectivity index (χ4n) is 2.48. The lowest BCUT2D eigenvalue weighted by Crippen LogP contribution is -2.11. The van der Waals surface area contributed by atoms with E-state index in [1.54, 1.807) is 13.0 Å². The van der Waals surface area contributed by atoms with Crippen LogP contribution in [0.1, 0.15) is 40.5 Å². The van der Waals surface area contributed by atoms with Crippen molar-refractivity contribution in [3.63, 3.8) is 0 Å². The van der Waals surface area contributed by atoms with Gasteiger partial charge in [0.25, 0.3) is 0 Å². The number of fused-ring (bicyclic) bond motifs is 1. The third-order valence-electron chi connectivity index (χ3n) is 3.51. The highest BCUT2D eigenvalue weighted by atomic mass is 16.5. The van der Waals surface area contributed by atoms with Gasteiger partial charge in [-0.05, 0) is 25.8 Å². The second-order valence-corrected chi connectivity index (χ2v) is 5.21. The average molecular weight is 289 g/mol. The van der Waals surface area contributed by atoms with Crippen LogP contribution in [0.3, 0.4) is 0 Å². The van der Waals surface area contributed by atoms with Gasteiger partial charge in [-0.2, -0.15) is 5.10 Å². The van der Waals surface area contributed by atoms with Crippen LogP contribution in [0.2, 0.25) is 0 Å². The number of aliphatic carboxylic acids is 1. The van der Waals surface area contributed by atoms with Gasteiger partial charge < -0.3 is 9.84 Å². The highest BCUT2D eigenvalue weighted by Crippen LogP contribution is 2.43. The third kappa shape index (κ3) is 2.35. The Morgan fingerprint density at radius 3 is 2.76 bits per heavy atom. The number of aryl methyl sites for hydroxylation is 1. The Bertz CT molecular complexity index is 746. The van der Waals surface area contributed by atoms with Gasteiger partial charge in [0.15, 0.2) is 5.65 Å². The van der Waals surface area contributed by atoms with Gasteiger partial charge in [0.1, 0.15) is 6.54 Å². The smallest absolute Gasteiger partial charge is 0.338 e. The number of pyridine rings is 1. The Morgan fingerprint density at radius 1 is 1.48 bits per heavy atom. The molecule has 0 atom stereocenters. The molecule has 1 aliphatic carbocycles. The predicted octanol–water partition coefficient (Wildman–Crippen LogP) is 1.49. The lowest BCUT2D eigenvalue weighted by molar-refractivity contribution is -0.137. The number of hydrogen-bond donors (Lipinski definition) is 1. The normalized spacial score (nSPS) is 14.4. The maximum atomic E-state index is 12.0. The van der Waals surface area contributed by atoms with Crippen molar-refractivity contribution >= 4 is 23.0 Å². The minimum absolute atomic E-state index is 0.274. The molecule has 3 rings (SSSR count). The summed E-state index contributed by atoms with van der Waals surface area (Å²) in [4.78, 5) is 27.4. The molecule has 0 bridgehead atoms. The van der Waals surface area contributed by atoms with Crippen LogP contribution >= 0.6 is 0 Å². The van der Waals surface area contributed by atoms with Crippen molar-refractivity contribution in [2.75, 3.05) is 7.11 Å². The number of esters is 1. The standard InChI is InChI=1S/C14H15N3O4/c1-7-5-9(14(20)21-2)11-12(8-3-4-8)16-17(6-10(18)19)13(11)15-7/h5,8H,3-4,6H2,1-2H3,(H,18,19). The Labute approximate surface area is 120 Å². The lowest BCUT2D eigenvalue weighted by Gasteiger charge is -2.04. The summed E-state index contributed by atoms with van der Waals surface area (Å²) >= 11 is 0. The Kier molecular flexibility index (Phi) is 3.12. The van der Waals surface area contributed by atoms with Crippen molar-refractivity contribution < 1.29 is 19.4 Å². The van der Waals surface area contributed by atoms with E-state index in [9.17, 15) is 9.59 Å². The second kappa shape index (κ2) is 4.83. The number of carbonyl (C=O) groups excluding carboxylic acids is 1. The summed E-state index contributed by atoms with van der Waals surface area (Å²) in [6.45, 7) is 1.47. The number of nitrogens with zero attached hydrogens (tertiary/aromatic N) is 3. The molecule has 1 aliphatic rings. The van der Waals surface area contributed by atoms with Crippen LogP contribution in [0.15, 0.2) is 6.07 Å². The maximum Gasteiger partial charge on any atom is 0.338 e. The molecule has 0 aliphatic heterocycles. The molecule has 2 aromatic heterocycles. The van der Waals surface area contributed by atoms with Crippen LogP contribution in [0, 0.1) is 6.92 Å².